The molecule has 2 N–H and O–H groups in total. The van der Waals surface area contributed by atoms with Crippen LogP contribution in [0, 0.1) is 5.92 Å². The molecule has 2 heteroatoms. The monoisotopic (exact) mass is 169 g/mol. The van der Waals surface area contributed by atoms with Gasteiger partial charge in [0.15, 0.2) is 0 Å². The van der Waals surface area contributed by atoms with E-state index in [0.29, 0.717) is 6.61 Å². The fraction of sp³-hybridized carbons (Fsp3) is 1.00. The fourth-order valence-electron chi connectivity index (χ4n) is 2.28. The predicted octanol–water partition coefficient (Wildman–Crippen LogP) is 1.29. The Labute approximate surface area is 74.4 Å². The predicted molar refractivity (Wildman–Crippen MR) is 49.0 cm³/mol. The quantitative estimate of drug-likeness (QED) is 0.667. The molecule has 70 valence electrons. The normalized spacial score (nSPS) is 36.8. The van der Waals surface area contributed by atoms with E-state index in [-0.39, 0.29) is 5.54 Å². The third kappa shape index (κ3) is 1.80. The molecule has 0 aromatic heterocycles. The van der Waals surface area contributed by atoms with Crippen LogP contribution in [0.1, 0.15) is 38.5 Å². The zero-order valence-corrected chi connectivity index (χ0v) is 7.68. The van der Waals surface area contributed by atoms with Crippen molar-refractivity contribution >= 4 is 0 Å². The van der Waals surface area contributed by atoms with Crippen molar-refractivity contribution in [1.29, 1.82) is 0 Å². The summed E-state index contributed by atoms with van der Waals surface area (Å²) in [5, 5.41) is 12.9. The molecule has 1 saturated carbocycles. The second-order valence-electron chi connectivity index (χ2n) is 4.47. The minimum absolute atomic E-state index is 0.111. The molecule has 1 atom stereocenters. The van der Waals surface area contributed by atoms with Crippen LogP contribution >= 0.6 is 0 Å². The van der Waals surface area contributed by atoms with Crippen LogP contribution in [0.5, 0.6) is 0 Å². The molecule has 2 nitrogen and oxygen atoms in total. The van der Waals surface area contributed by atoms with E-state index in [1.54, 1.807) is 0 Å². The number of rotatable bonds is 3. The molecule has 0 aromatic carbocycles. The van der Waals surface area contributed by atoms with Gasteiger partial charge in [0.1, 0.15) is 0 Å². The molecule has 1 saturated heterocycles. The number of aliphatic hydroxyl groups is 1. The van der Waals surface area contributed by atoms with Crippen molar-refractivity contribution in [2.45, 2.75) is 44.1 Å². The molecule has 0 spiro atoms. The van der Waals surface area contributed by atoms with Gasteiger partial charge in [-0.05, 0) is 31.7 Å². The smallest absolute Gasteiger partial charge is 0.0613 e. The van der Waals surface area contributed by atoms with Crippen molar-refractivity contribution in [3.63, 3.8) is 0 Å². The molecule has 0 amide bonds. The van der Waals surface area contributed by atoms with E-state index in [2.05, 4.69) is 5.32 Å². The SMILES string of the molecule is OCC1(CC2CC2)CCCCN1. The average Bonchev–Trinajstić information content (AvgIpc) is 2.90. The van der Waals surface area contributed by atoms with Crippen LogP contribution in [0.25, 0.3) is 0 Å². The second kappa shape index (κ2) is 3.35. The first-order valence-corrected chi connectivity index (χ1v) is 5.21. The van der Waals surface area contributed by atoms with E-state index < -0.39 is 0 Å². The minimum Gasteiger partial charge on any atom is -0.394 e. The van der Waals surface area contributed by atoms with Gasteiger partial charge in [-0.3, -0.25) is 0 Å². The summed E-state index contributed by atoms with van der Waals surface area (Å²) in [7, 11) is 0. The van der Waals surface area contributed by atoms with E-state index in [1.165, 1.54) is 38.5 Å². The van der Waals surface area contributed by atoms with Gasteiger partial charge >= 0.3 is 0 Å². The summed E-state index contributed by atoms with van der Waals surface area (Å²) in [6.45, 7) is 1.44. The molecule has 1 aliphatic heterocycles. The third-order valence-electron chi connectivity index (χ3n) is 3.26. The maximum absolute atomic E-state index is 9.36. The van der Waals surface area contributed by atoms with Gasteiger partial charge in [-0.25, -0.2) is 0 Å². The van der Waals surface area contributed by atoms with Crippen LogP contribution in [-0.2, 0) is 0 Å². The molecule has 1 aliphatic carbocycles. The van der Waals surface area contributed by atoms with Crippen LogP contribution in [0.15, 0.2) is 0 Å². The first-order chi connectivity index (χ1) is 5.85. The van der Waals surface area contributed by atoms with Crippen molar-refractivity contribution in [1.82, 2.24) is 5.32 Å². The van der Waals surface area contributed by atoms with E-state index in [9.17, 15) is 5.11 Å². The van der Waals surface area contributed by atoms with Crippen LogP contribution in [0.3, 0.4) is 0 Å². The maximum Gasteiger partial charge on any atom is 0.0613 e. The number of hydrogen-bond donors (Lipinski definition) is 2. The molecule has 12 heavy (non-hydrogen) atoms. The lowest BCUT2D eigenvalue weighted by Gasteiger charge is -2.37. The third-order valence-corrected chi connectivity index (χ3v) is 3.26. The molecule has 2 aliphatic rings. The van der Waals surface area contributed by atoms with Gasteiger partial charge in [0.25, 0.3) is 0 Å². The fourth-order valence-corrected chi connectivity index (χ4v) is 2.28. The molecule has 1 unspecified atom stereocenters. The Bertz CT molecular complexity index is 148. The highest BCUT2D eigenvalue weighted by atomic mass is 16.3. The van der Waals surface area contributed by atoms with Crippen LogP contribution < -0.4 is 5.32 Å². The minimum atomic E-state index is 0.111. The molecule has 2 rings (SSSR count). The Morgan fingerprint density at radius 1 is 1.33 bits per heavy atom. The molecule has 2 fully saturated rings. The first kappa shape index (κ1) is 8.52. The van der Waals surface area contributed by atoms with Crippen molar-refractivity contribution in [3.05, 3.63) is 0 Å². The van der Waals surface area contributed by atoms with Gasteiger partial charge in [-0.1, -0.05) is 19.3 Å². The van der Waals surface area contributed by atoms with Crippen LogP contribution in [0.4, 0.5) is 0 Å². The summed E-state index contributed by atoms with van der Waals surface area (Å²) in [5.41, 5.74) is 0.111. The maximum atomic E-state index is 9.36. The lowest BCUT2D eigenvalue weighted by Crippen LogP contribution is -2.51. The molecule has 0 aromatic rings. The molecule has 0 bridgehead atoms. The standard InChI is InChI=1S/C10H19NO/c12-8-10(7-9-3-4-9)5-1-2-6-11-10/h9,11-12H,1-8H2. The molecule has 0 radical (unpaired) electrons. The van der Waals surface area contributed by atoms with E-state index in [4.69, 9.17) is 0 Å². The van der Waals surface area contributed by atoms with E-state index in [0.717, 1.165) is 12.5 Å². The van der Waals surface area contributed by atoms with Gasteiger partial charge in [0, 0.05) is 5.54 Å². The first-order valence-electron chi connectivity index (χ1n) is 5.21. The Morgan fingerprint density at radius 2 is 2.17 bits per heavy atom. The Hall–Kier alpha value is -0.0800. The van der Waals surface area contributed by atoms with Crippen molar-refractivity contribution < 1.29 is 5.11 Å². The van der Waals surface area contributed by atoms with Crippen LogP contribution in [0.2, 0.25) is 0 Å². The molecular weight excluding hydrogens is 150 g/mol. The van der Waals surface area contributed by atoms with Crippen molar-refractivity contribution in [3.8, 4) is 0 Å². The van der Waals surface area contributed by atoms with Gasteiger partial charge in [0.2, 0.25) is 0 Å². The number of aliphatic hydroxyl groups excluding tert-OH is 1. The van der Waals surface area contributed by atoms with Gasteiger partial charge in [0.05, 0.1) is 6.61 Å². The average molecular weight is 169 g/mol. The van der Waals surface area contributed by atoms with Crippen LogP contribution in [-0.4, -0.2) is 23.8 Å². The Morgan fingerprint density at radius 3 is 2.67 bits per heavy atom. The van der Waals surface area contributed by atoms with Crippen molar-refractivity contribution in [2.24, 2.45) is 5.92 Å². The van der Waals surface area contributed by atoms with Gasteiger partial charge in [-0.2, -0.15) is 0 Å². The van der Waals surface area contributed by atoms with Gasteiger partial charge in [-0.15, -0.1) is 0 Å². The zero-order valence-electron chi connectivity index (χ0n) is 7.68. The zero-order chi connectivity index (χ0) is 8.44. The highest BCUT2D eigenvalue weighted by Crippen LogP contribution is 2.39. The van der Waals surface area contributed by atoms with Gasteiger partial charge < -0.3 is 10.4 Å². The van der Waals surface area contributed by atoms with Crippen molar-refractivity contribution in [2.75, 3.05) is 13.2 Å². The summed E-state index contributed by atoms with van der Waals surface area (Å²) in [5.74, 6) is 0.919. The van der Waals surface area contributed by atoms with E-state index >= 15 is 0 Å². The molecular formula is C10H19NO. The Balaban J connectivity index is 1.90. The summed E-state index contributed by atoms with van der Waals surface area (Å²) in [4.78, 5) is 0. The highest BCUT2D eigenvalue weighted by Gasteiger charge is 2.36. The summed E-state index contributed by atoms with van der Waals surface area (Å²) >= 11 is 0. The summed E-state index contributed by atoms with van der Waals surface area (Å²) in [6, 6.07) is 0. The second-order valence-corrected chi connectivity index (χ2v) is 4.47. The summed E-state index contributed by atoms with van der Waals surface area (Å²) < 4.78 is 0. The Kier molecular flexibility index (Phi) is 2.37. The summed E-state index contributed by atoms with van der Waals surface area (Å²) in [6.07, 6.45) is 7.75. The topological polar surface area (TPSA) is 32.3 Å². The number of piperidine rings is 1. The highest BCUT2D eigenvalue weighted by molar-refractivity contribution is 4.95. The lowest BCUT2D eigenvalue weighted by atomic mass is 9.85. The van der Waals surface area contributed by atoms with E-state index in [1.807, 2.05) is 0 Å². The number of nitrogens with one attached hydrogen (secondary N) is 1. The number of hydrogen-bond acceptors (Lipinski definition) is 2. The molecule has 1 heterocycles. The lowest BCUT2D eigenvalue weighted by molar-refractivity contribution is 0.118. The largest absolute Gasteiger partial charge is 0.394 e.